The molecule has 1 unspecified atom stereocenters. The summed E-state index contributed by atoms with van der Waals surface area (Å²) in [4.78, 5) is 4.53. The molecule has 0 heterocycles. The molecule has 158 valence electrons. The first-order valence-electron chi connectivity index (χ1n) is 11.1. The van der Waals surface area contributed by atoms with Crippen molar-refractivity contribution in [3.8, 4) is 0 Å². The molecule has 0 radical (unpaired) electrons. The molecular weight excluding hydrogens is 361 g/mol. The lowest BCUT2D eigenvalue weighted by Gasteiger charge is -2.05. The van der Waals surface area contributed by atoms with Gasteiger partial charge in [-0.05, 0) is 18.3 Å². The summed E-state index contributed by atoms with van der Waals surface area (Å²) in [5, 5.41) is 0. The van der Waals surface area contributed by atoms with Gasteiger partial charge in [0.1, 0.15) is 0 Å². The minimum atomic E-state index is 0.648. The van der Waals surface area contributed by atoms with Crippen LogP contribution in [0.15, 0.2) is 0 Å². The third-order valence-electron chi connectivity index (χ3n) is 4.62. The number of thioether (sulfide) groups is 1. The molecule has 26 heavy (non-hydrogen) atoms. The second-order valence-corrected chi connectivity index (χ2v) is 9.65. The molecular formula is C21H46NO2PS. The maximum Gasteiger partial charge on any atom is 0.0716 e. The van der Waals surface area contributed by atoms with Crippen LogP contribution in [0.4, 0.5) is 0 Å². The Morgan fingerprint density at radius 3 is 1.77 bits per heavy atom. The Bertz CT molecular complexity index is 224. The molecule has 0 saturated heterocycles. The lowest BCUT2D eigenvalue weighted by molar-refractivity contribution is 0.153. The molecule has 0 saturated carbocycles. The van der Waals surface area contributed by atoms with Crippen molar-refractivity contribution in [1.29, 1.82) is 0 Å². The number of hydrogen-bond acceptors (Lipinski definition) is 4. The van der Waals surface area contributed by atoms with E-state index in [1.165, 1.54) is 95.6 Å². The highest BCUT2D eigenvalue weighted by molar-refractivity contribution is 7.99. The SMILES string of the molecule is CCCCCCCCCCCCCCCCSCCOCPCCON. The highest BCUT2D eigenvalue weighted by Crippen LogP contribution is 2.14. The monoisotopic (exact) mass is 407 g/mol. The van der Waals surface area contributed by atoms with Gasteiger partial charge < -0.3 is 9.57 Å². The zero-order valence-electron chi connectivity index (χ0n) is 17.4. The summed E-state index contributed by atoms with van der Waals surface area (Å²) in [7, 11) is 0.813. The lowest BCUT2D eigenvalue weighted by atomic mass is 10.0. The lowest BCUT2D eigenvalue weighted by Crippen LogP contribution is -2.03. The molecule has 0 bridgehead atoms. The summed E-state index contributed by atoms with van der Waals surface area (Å²) in [5.74, 6) is 7.41. The average molecular weight is 408 g/mol. The zero-order chi connectivity index (χ0) is 19.0. The van der Waals surface area contributed by atoms with Gasteiger partial charge in [-0.1, -0.05) is 99.0 Å². The molecule has 2 N–H and O–H groups in total. The van der Waals surface area contributed by atoms with E-state index in [-0.39, 0.29) is 0 Å². The molecule has 1 atom stereocenters. The fourth-order valence-electron chi connectivity index (χ4n) is 2.97. The summed E-state index contributed by atoms with van der Waals surface area (Å²) in [6.07, 6.45) is 22.0. The van der Waals surface area contributed by atoms with Gasteiger partial charge in [0.2, 0.25) is 0 Å². The summed E-state index contributed by atoms with van der Waals surface area (Å²) >= 11 is 2.04. The van der Waals surface area contributed by atoms with Crippen LogP contribution in [0.1, 0.15) is 96.8 Å². The minimum Gasteiger partial charge on any atom is -0.376 e. The van der Waals surface area contributed by atoms with Gasteiger partial charge in [-0.2, -0.15) is 11.8 Å². The number of hydrogen-bond donors (Lipinski definition) is 1. The van der Waals surface area contributed by atoms with Crippen molar-refractivity contribution in [3.63, 3.8) is 0 Å². The van der Waals surface area contributed by atoms with Crippen LogP contribution in [0.25, 0.3) is 0 Å². The Morgan fingerprint density at radius 1 is 0.692 bits per heavy atom. The van der Waals surface area contributed by atoms with Crippen LogP contribution in [-0.4, -0.2) is 37.2 Å². The predicted molar refractivity (Wildman–Crippen MR) is 122 cm³/mol. The van der Waals surface area contributed by atoms with Crippen LogP contribution in [0.2, 0.25) is 0 Å². The van der Waals surface area contributed by atoms with Gasteiger partial charge in [-0.3, -0.25) is 0 Å². The summed E-state index contributed by atoms with van der Waals surface area (Å²) in [6.45, 7) is 3.83. The van der Waals surface area contributed by atoms with Gasteiger partial charge in [0.05, 0.1) is 19.6 Å². The van der Waals surface area contributed by atoms with E-state index in [4.69, 9.17) is 10.6 Å². The largest absolute Gasteiger partial charge is 0.376 e. The van der Waals surface area contributed by atoms with E-state index in [1.54, 1.807) is 0 Å². The van der Waals surface area contributed by atoms with E-state index in [0.29, 0.717) is 6.61 Å². The molecule has 3 nitrogen and oxygen atoms in total. The topological polar surface area (TPSA) is 44.5 Å². The van der Waals surface area contributed by atoms with E-state index in [1.807, 2.05) is 11.8 Å². The molecule has 0 fully saturated rings. The maximum absolute atomic E-state index is 5.60. The van der Waals surface area contributed by atoms with Gasteiger partial charge in [-0.15, -0.1) is 0 Å². The van der Waals surface area contributed by atoms with Crippen molar-refractivity contribution < 1.29 is 9.57 Å². The van der Waals surface area contributed by atoms with Crippen LogP contribution in [0, 0.1) is 0 Å². The molecule has 5 heteroatoms. The summed E-state index contributed by atoms with van der Waals surface area (Å²) in [5.41, 5.74) is 0. The van der Waals surface area contributed by atoms with Crippen molar-refractivity contribution in [2.75, 3.05) is 37.2 Å². The van der Waals surface area contributed by atoms with Gasteiger partial charge in [0, 0.05) is 5.75 Å². The Balaban J connectivity index is 2.95. The van der Waals surface area contributed by atoms with E-state index < -0.39 is 0 Å². The fourth-order valence-corrected chi connectivity index (χ4v) is 4.51. The van der Waals surface area contributed by atoms with Gasteiger partial charge in [-0.25, -0.2) is 5.90 Å². The Labute approximate surface area is 170 Å². The summed E-state index contributed by atoms with van der Waals surface area (Å²) < 4.78 is 5.60. The van der Waals surface area contributed by atoms with Crippen molar-refractivity contribution >= 4 is 20.3 Å². The number of rotatable bonds is 23. The second-order valence-electron chi connectivity index (χ2n) is 7.13. The smallest absolute Gasteiger partial charge is 0.0716 e. The minimum absolute atomic E-state index is 0.648. The zero-order valence-corrected chi connectivity index (χ0v) is 19.3. The quantitative estimate of drug-likeness (QED) is 0.116. The molecule has 0 amide bonds. The summed E-state index contributed by atoms with van der Waals surface area (Å²) in [6, 6.07) is 0. The van der Waals surface area contributed by atoms with Crippen molar-refractivity contribution in [1.82, 2.24) is 0 Å². The predicted octanol–water partition coefficient (Wildman–Crippen LogP) is 6.74. The third kappa shape index (κ3) is 24.7. The average Bonchev–Trinajstić information content (AvgIpc) is 2.66. The van der Waals surface area contributed by atoms with Crippen LogP contribution in [0.5, 0.6) is 0 Å². The van der Waals surface area contributed by atoms with Crippen LogP contribution in [-0.2, 0) is 9.57 Å². The number of unbranched alkanes of at least 4 members (excludes halogenated alkanes) is 13. The van der Waals surface area contributed by atoms with E-state index in [9.17, 15) is 0 Å². The highest BCUT2D eigenvalue weighted by atomic mass is 32.2. The van der Waals surface area contributed by atoms with Gasteiger partial charge >= 0.3 is 0 Å². The standard InChI is InChI=1S/C21H46NO2PS/c1-2-3-4-5-6-7-8-9-10-11-12-13-14-15-19-26-20-17-23-21-25-18-16-24-22/h25H,2-22H2,1H3. The number of ether oxygens (including phenoxy) is 1. The normalized spacial score (nSPS) is 11.8. The second kappa shape index (κ2) is 25.7. The Kier molecular flexibility index (Phi) is 26.3. The van der Waals surface area contributed by atoms with Crippen molar-refractivity contribution in [2.24, 2.45) is 5.90 Å². The van der Waals surface area contributed by atoms with E-state index in [2.05, 4.69) is 11.8 Å². The first kappa shape index (κ1) is 26.7. The third-order valence-corrected chi connectivity index (χ3v) is 6.61. The van der Waals surface area contributed by atoms with Gasteiger partial charge in [0.15, 0.2) is 0 Å². The Morgan fingerprint density at radius 2 is 1.23 bits per heavy atom. The number of nitrogens with two attached hydrogens (primary N) is 1. The van der Waals surface area contributed by atoms with Crippen LogP contribution in [0.3, 0.4) is 0 Å². The van der Waals surface area contributed by atoms with Gasteiger partial charge in [0.25, 0.3) is 0 Å². The van der Waals surface area contributed by atoms with Crippen molar-refractivity contribution in [2.45, 2.75) is 96.8 Å². The fraction of sp³-hybridized carbons (Fsp3) is 1.00. The van der Waals surface area contributed by atoms with E-state index in [0.717, 1.165) is 33.5 Å². The molecule has 0 aromatic carbocycles. The maximum atomic E-state index is 5.60. The Hall–Kier alpha value is 0.660. The molecule has 0 aliphatic carbocycles. The molecule has 0 aromatic rings. The first-order valence-corrected chi connectivity index (χ1v) is 13.7. The van der Waals surface area contributed by atoms with Crippen LogP contribution < -0.4 is 5.90 Å². The molecule has 0 rings (SSSR count). The van der Waals surface area contributed by atoms with E-state index >= 15 is 0 Å². The van der Waals surface area contributed by atoms with Crippen LogP contribution >= 0.6 is 20.3 Å². The molecule has 0 spiro atoms. The molecule has 0 aliphatic heterocycles. The molecule has 0 aliphatic rings. The highest BCUT2D eigenvalue weighted by Gasteiger charge is 1.95. The van der Waals surface area contributed by atoms with Crippen molar-refractivity contribution in [3.05, 3.63) is 0 Å². The molecule has 0 aromatic heterocycles. The first-order chi connectivity index (χ1) is 12.9.